The van der Waals surface area contributed by atoms with Crippen molar-refractivity contribution in [3.8, 4) is 0 Å². The molecule has 2 N–H and O–H groups in total. The smallest absolute Gasteiger partial charge is 0.271 e. The highest BCUT2D eigenvalue weighted by atomic mass is 16.1. The predicted molar refractivity (Wildman–Crippen MR) is 80.9 cm³/mol. The maximum Gasteiger partial charge on any atom is 0.271 e. The van der Waals surface area contributed by atoms with Gasteiger partial charge in [-0.1, -0.05) is 19.8 Å². The van der Waals surface area contributed by atoms with Crippen LogP contribution in [0.25, 0.3) is 0 Å². The molecule has 0 aliphatic rings. The number of anilines is 1. The molecule has 0 aliphatic heterocycles. The summed E-state index contributed by atoms with van der Waals surface area (Å²) in [7, 11) is 3.93. The first-order valence-electron chi connectivity index (χ1n) is 7.14. The Bertz CT molecular complexity index is 391. The lowest BCUT2D eigenvalue weighted by molar-refractivity contribution is 0.0945. The quantitative estimate of drug-likeness (QED) is 0.668. The first-order valence-corrected chi connectivity index (χ1v) is 7.14. The molecular formula is C14H25N5O. The van der Waals surface area contributed by atoms with Gasteiger partial charge in [0, 0.05) is 19.6 Å². The molecule has 0 saturated carbocycles. The number of unbranched alkanes of at least 4 members (excludes halogenated alkanes) is 2. The van der Waals surface area contributed by atoms with Gasteiger partial charge in [-0.25, -0.2) is 0 Å². The van der Waals surface area contributed by atoms with Crippen LogP contribution in [0.4, 0.5) is 5.82 Å². The second-order valence-corrected chi connectivity index (χ2v) is 5.00. The first-order chi connectivity index (χ1) is 9.63. The fraction of sp³-hybridized carbons (Fsp3) is 0.643. The molecule has 0 fully saturated rings. The van der Waals surface area contributed by atoms with Crippen molar-refractivity contribution in [2.24, 2.45) is 0 Å². The van der Waals surface area contributed by atoms with Crippen molar-refractivity contribution in [3.63, 3.8) is 0 Å². The molecule has 0 radical (unpaired) electrons. The molecule has 1 amide bonds. The lowest BCUT2D eigenvalue weighted by atomic mass is 10.2. The number of nitrogens with one attached hydrogen (secondary N) is 2. The zero-order chi connectivity index (χ0) is 14.8. The number of rotatable bonds is 9. The number of hydrogen-bond donors (Lipinski definition) is 2. The standard InChI is InChI=1S/C14H25N5O/c1-4-5-6-9-15-13-8-7-12(17-18-13)14(20)16-10-11-19(2)3/h7-8H,4-6,9-11H2,1-3H3,(H,15,18)(H,16,20). The first kappa shape index (κ1) is 16.4. The third-order valence-corrected chi connectivity index (χ3v) is 2.83. The lowest BCUT2D eigenvalue weighted by Crippen LogP contribution is -2.31. The molecule has 1 heterocycles. The number of amides is 1. The maximum absolute atomic E-state index is 11.8. The molecule has 0 bridgehead atoms. The minimum absolute atomic E-state index is 0.183. The van der Waals surface area contributed by atoms with Crippen LogP contribution < -0.4 is 10.6 Å². The largest absolute Gasteiger partial charge is 0.369 e. The molecule has 6 nitrogen and oxygen atoms in total. The van der Waals surface area contributed by atoms with Crippen LogP contribution in [0.5, 0.6) is 0 Å². The third kappa shape index (κ3) is 6.47. The van der Waals surface area contributed by atoms with E-state index < -0.39 is 0 Å². The Balaban J connectivity index is 2.35. The van der Waals surface area contributed by atoms with Crippen molar-refractivity contribution in [3.05, 3.63) is 17.8 Å². The number of likely N-dealkylation sites (N-methyl/N-ethyl adjacent to an activating group) is 1. The van der Waals surface area contributed by atoms with E-state index in [9.17, 15) is 4.79 Å². The van der Waals surface area contributed by atoms with Gasteiger partial charge in [0.25, 0.3) is 5.91 Å². The van der Waals surface area contributed by atoms with Crippen molar-refractivity contribution in [2.45, 2.75) is 26.2 Å². The number of aromatic nitrogens is 2. The minimum Gasteiger partial charge on any atom is -0.369 e. The van der Waals surface area contributed by atoms with Crippen LogP contribution in [0.1, 0.15) is 36.7 Å². The Morgan fingerprint density at radius 2 is 2.00 bits per heavy atom. The lowest BCUT2D eigenvalue weighted by Gasteiger charge is -2.10. The van der Waals surface area contributed by atoms with Crippen LogP contribution in [0.15, 0.2) is 12.1 Å². The van der Waals surface area contributed by atoms with Crippen LogP contribution in [-0.4, -0.2) is 54.7 Å². The van der Waals surface area contributed by atoms with Crippen LogP contribution in [0.2, 0.25) is 0 Å². The molecule has 0 atom stereocenters. The molecular weight excluding hydrogens is 254 g/mol. The van der Waals surface area contributed by atoms with Crippen molar-refractivity contribution in [1.29, 1.82) is 0 Å². The summed E-state index contributed by atoms with van der Waals surface area (Å²) in [6.07, 6.45) is 3.51. The average molecular weight is 279 g/mol. The Labute approximate surface area is 121 Å². The van der Waals surface area contributed by atoms with Crippen LogP contribution in [0.3, 0.4) is 0 Å². The van der Waals surface area contributed by atoms with E-state index in [0.29, 0.717) is 18.1 Å². The summed E-state index contributed by atoms with van der Waals surface area (Å²) in [5, 5.41) is 13.9. The van der Waals surface area contributed by atoms with E-state index in [0.717, 1.165) is 19.5 Å². The van der Waals surface area contributed by atoms with E-state index in [2.05, 4.69) is 27.8 Å². The summed E-state index contributed by atoms with van der Waals surface area (Å²) in [4.78, 5) is 13.8. The van der Waals surface area contributed by atoms with Gasteiger partial charge in [0.2, 0.25) is 0 Å². The molecule has 20 heavy (non-hydrogen) atoms. The van der Waals surface area contributed by atoms with Crippen LogP contribution in [0, 0.1) is 0 Å². The summed E-state index contributed by atoms with van der Waals surface area (Å²) >= 11 is 0. The number of carbonyl (C=O) groups excluding carboxylic acids is 1. The van der Waals surface area contributed by atoms with Gasteiger partial charge in [-0.3, -0.25) is 4.79 Å². The Morgan fingerprint density at radius 1 is 1.20 bits per heavy atom. The van der Waals surface area contributed by atoms with Gasteiger partial charge >= 0.3 is 0 Å². The van der Waals surface area contributed by atoms with Crippen molar-refractivity contribution in [1.82, 2.24) is 20.4 Å². The van der Waals surface area contributed by atoms with Gasteiger partial charge in [0.15, 0.2) is 5.69 Å². The molecule has 0 aromatic carbocycles. The molecule has 1 aromatic rings. The molecule has 0 aliphatic carbocycles. The number of nitrogens with zero attached hydrogens (tertiary/aromatic N) is 3. The zero-order valence-electron chi connectivity index (χ0n) is 12.6. The van der Waals surface area contributed by atoms with Crippen LogP contribution in [-0.2, 0) is 0 Å². The van der Waals surface area contributed by atoms with Gasteiger partial charge < -0.3 is 15.5 Å². The minimum atomic E-state index is -0.183. The van der Waals surface area contributed by atoms with E-state index in [1.165, 1.54) is 12.8 Å². The fourth-order valence-corrected chi connectivity index (χ4v) is 1.62. The highest BCUT2D eigenvalue weighted by Gasteiger charge is 2.07. The SMILES string of the molecule is CCCCCNc1ccc(C(=O)NCCN(C)C)nn1. The molecule has 0 saturated heterocycles. The normalized spacial score (nSPS) is 10.6. The zero-order valence-corrected chi connectivity index (χ0v) is 12.6. The van der Waals surface area contributed by atoms with Gasteiger partial charge in [-0.05, 0) is 32.6 Å². The molecule has 6 heteroatoms. The summed E-state index contributed by atoms with van der Waals surface area (Å²) in [5.74, 6) is 0.530. The Morgan fingerprint density at radius 3 is 2.60 bits per heavy atom. The van der Waals surface area contributed by atoms with E-state index in [4.69, 9.17) is 0 Å². The van der Waals surface area contributed by atoms with Crippen molar-refractivity contribution < 1.29 is 4.79 Å². The Hall–Kier alpha value is -1.69. The van der Waals surface area contributed by atoms with Gasteiger partial charge in [0.05, 0.1) is 0 Å². The van der Waals surface area contributed by atoms with Crippen molar-refractivity contribution >= 4 is 11.7 Å². The van der Waals surface area contributed by atoms with E-state index >= 15 is 0 Å². The van der Waals surface area contributed by atoms with Gasteiger partial charge in [-0.2, -0.15) is 0 Å². The maximum atomic E-state index is 11.8. The second kappa shape index (κ2) is 9.25. The molecule has 112 valence electrons. The highest BCUT2D eigenvalue weighted by Crippen LogP contribution is 2.03. The molecule has 0 unspecified atom stereocenters. The summed E-state index contributed by atoms with van der Waals surface area (Å²) < 4.78 is 0. The van der Waals surface area contributed by atoms with Gasteiger partial charge in [-0.15, -0.1) is 10.2 Å². The van der Waals surface area contributed by atoms with E-state index in [-0.39, 0.29) is 5.91 Å². The topological polar surface area (TPSA) is 70.2 Å². The summed E-state index contributed by atoms with van der Waals surface area (Å²) in [6.45, 7) is 4.46. The monoisotopic (exact) mass is 279 g/mol. The predicted octanol–water partition coefficient (Wildman–Crippen LogP) is 1.37. The molecule has 0 spiro atoms. The summed E-state index contributed by atoms with van der Waals surface area (Å²) in [5.41, 5.74) is 0.350. The fourth-order valence-electron chi connectivity index (χ4n) is 1.62. The highest BCUT2D eigenvalue weighted by molar-refractivity contribution is 5.92. The molecule has 1 rings (SSSR count). The molecule has 1 aromatic heterocycles. The third-order valence-electron chi connectivity index (χ3n) is 2.83. The summed E-state index contributed by atoms with van der Waals surface area (Å²) in [6, 6.07) is 3.49. The Kier molecular flexibility index (Phi) is 7.57. The van der Waals surface area contributed by atoms with E-state index in [1.807, 2.05) is 19.0 Å². The number of hydrogen-bond acceptors (Lipinski definition) is 5. The second-order valence-electron chi connectivity index (χ2n) is 5.00. The average Bonchev–Trinajstić information content (AvgIpc) is 2.44. The number of carbonyl (C=O) groups is 1. The van der Waals surface area contributed by atoms with Crippen LogP contribution >= 0.6 is 0 Å². The van der Waals surface area contributed by atoms with E-state index in [1.54, 1.807) is 12.1 Å². The van der Waals surface area contributed by atoms with Gasteiger partial charge in [0.1, 0.15) is 5.82 Å². The van der Waals surface area contributed by atoms with Crippen molar-refractivity contribution in [2.75, 3.05) is 39.0 Å².